The molecule has 0 heterocycles. The maximum atomic E-state index is 11.1. The minimum absolute atomic E-state index is 0.151. The summed E-state index contributed by atoms with van der Waals surface area (Å²) < 4.78 is 0. The van der Waals surface area contributed by atoms with Crippen molar-refractivity contribution in [1.29, 1.82) is 0 Å². The van der Waals surface area contributed by atoms with Gasteiger partial charge in [0, 0.05) is 24.6 Å². The van der Waals surface area contributed by atoms with Gasteiger partial charge in [0.25, 0.3) is 5.69 Å². The van der Waals surface area contributed by atoms with Gasteiger partial charge in [0.15, 0.2) is 5.78 Å². The van der Waals surface area contributed by atoms with Crippen molar-refractivity contribution >= 4 is 11.5 Å². The van der Waals surface area contributed by atoms with Gasteiger partial charge in [-0.05, 0) is 19.1 Å². The molecule has 1 aromatic rings. The number of nitrogens with zero attached hydrogens (tertiary/aromatic N) is 1. The van der Waals surface area contributed by atoms with Crippen LogP contribution in [-0.4, -0.2) is 17.3 Å². The van der Waals surface area contributed by atoms with Crippen LogP contribution in [0.25, 0.3) is 0 Å². The summed E-state index contributed by atoms with van der Waals surface area (Å²) in [6.45, 7) is 1.77. The Bertz CT molecular complexity index is 512. The first kappa shape index (κ1) is 12.9. The number of nitro benzene ring substituents is 1. The summed E-state index contributed by atoms with van der Waals surface area (Å²) in [5.41, 5.74) is 5.73. The Hall–Kier alpha value is -2.19. The molecule has 0 saturated carbocycles. The zero-order valence-electron chi connectivity index (χ0n) is 9.40. The predicted octanol–water partition coefficient (Wildman–Crippen LogP) is 1.50. The van der Waals surface area contributed by atoms with Crippen molar-refractivity contribution in [2.75, 3.05) is 6.54 Å². The van der Waals surface area contributed by atoms with Crippen LogP contribution in [0.4, 0.5) is 5.69 Å². The lowest BCUT2D eigenvalue weighted by Crippen LogP contribution is -1.98. The number of ketones is 1. The molecule has 0 aromatic heterocycles. The molecule has 0 aliphatic carbocycles. The molecule has 0 amide bonds. The molecule has 5 nitrogen and oxygen atoms in total. The van der Waals surface area contributed by atoms with E-state index in [0.29, 0.717) is 24.1 Å². The Morgan fingerprint density at radius 2 is 2.24 bits per heavy atom. The van der Waals surface area contributed by atoms with Crippen LogP contribution in [0.15, 0.2) is 18.2 Å². The first-order valence-corrected chi connectivity index (χ1v) is 5.04. The Kier molecular flexibility index (Phi) is 4.37. The maximum Gasteiger partial charge on any atom is 0.285 e. The van der Waals surface area contributed by atoms with Crippen molar-refractivity contribution in [1.82, 2.24) is 0 Å². The van der Waals surface area contributed by atoms with Gasteiger partial charge in [0.05, 0.1) is 4.92 Å². The van der Waals surface area contributed by atoms with E-state index in [1.165, 1.54) is 25.1 Å². The fourth-order valence-corrected chi connectivity index (χ4v) is 1.24. The number of hydrogen-bond donors (Lipinski definition) is 1. The number of carbonyl (C=O) groups excluding carboxylic acids is 1. The average Bonchev–Trinajstić information content (AvgIpc) is 2.29. The van der Waals surface area contributed by atoms with Gasteiger partial charge in [-0.25, -0.2) is 0 Å². The van der Waals surface area contributed by atoms with Gasteiger partial charge < -0.3 is 5.73 Å². The number of nitro groups is 1. The number of rotatable bonds is 3. The lowest BCUT2D eigenvalue weighted by molar-refractivity contribution is -0.385. The molecule has 0 fully saturated rings. The van der Waals surface area contributed by atoms with Gasteiger partial charge in [-0.15, -0.1) is 0 Å². The van der Waals surface area contributed by atoms with Crippen molar-refractivity contribution in [3.63, 3.8) is 0 Å². The predicted molar refractivity (Wildman–Crippen MR) is 63.7 cm³/mol. The minimum Gasteiger partial charge on any atom is -0.330 e. The van der Waals surface area contributed by atoms with Crippen molar-refractivity contribution in [2.24, 2.45) is 5.73 Å². The standard InChI is InChI=1S/C12H12N2O3/c1-9(15)11-6-5-10(4-2-3-7-13)12(8-11)14(16)17/h5-6,8H,3,7,13H2,1H3. The highest BCUT2D eigenvalue weighted by Gasteiger charge is 2.14. The Labute approximate surface area is 98.8 Å². The van der Waals surface area contributed by atoms with E-state index in [1.54, 1.807) is 0 Å². The largest absolute Gasteiger partial charge is 0.330 e. The van der Waals surface area contributed by atoms with Crippen LogP contribution in [0.2, 0.25) is 0 Å². The second-order valence-corrected chi connectivity index (χ2v) is 3.39. The molecule has 2 N–H and O–H groups in total. The molecule has 17 heavy (non-hydrogen) atoms. The molecule has 0 spiro atoms. The van der Waals surface area contributed by atoms with Crippen molar-refractivity contribution < 1.29 is 9.72 Å². The maximum absolute atomic E-state index is 11.1. The second-order valence-electron chi connectivity index (χ2n) is 3.39. The molecular formula is C12H12N2O3. The summed E-state index contributed by atoms with van der Waals surface area (Å²) in [4.78, 5) is 21.4. The summed E-state index contributed by atoms with van der Waals surface area (Å²) in [6.07, 6.45) is 0.478. The van der Waals surface area contributed by atoms with E-state index in [0.717, 1.165) is 0 Å². The fraction of sp³-hybridized carbons (Fsp3) is 0.250. The number of benzene rings is 1. The first-order chi connectivity index (χ1) is 8.06. The van der Waals surface area contributed by atoms with Crippen molar-refractivity contribution in [3.05, 3.63) is 39.4 Å². The number of hydrogen-bond acceptors (Lipinski definition) is 4. The monoisotopic (exact) mass is 232 g/mol. The minimum atomic E-state index is -0.543. The summed E-state index contributed by atoms with van der Waals surface area (Å²) in [7, 11) is 0. The Balaban J connectivity index is 3.19. The highest BCUT2D eigenvalue weighted by Crippen LogP contribution is 2.19. The summed E-state index contributed by atoms with van der Waals surface area (Å²) >= 11 is 0. The second kappa shape index (κ2) is 5.77. The molecule has 1 rings (SSSR count). The quantitative estimate of drug-likeness (QED) is 0.370. The fourth-order valence-electron chi connectivity index (χ4n) is 1.24. The van der Waals surface area contributed by atoms with E-state index in [4.69, 9.17) is 5.73 Å². The van der Waals surface area contributed by atoms with Crippen LogP contribution in [0.3, 0.4) is 0 Å². The van der Waals surface area contributed by atoms with Crippen molar-refractivity contribution in [3.8, 4) is 11.8 Å². The van der Waals surface area contributed by atoms with Crippen LogP contribution < -0.4 is 5.73 Å². The van der Waals surface area contributed by atoms with Gasteiger partial charge in [-0.3, -0.25) is 14.9 Å². The summed E-state index contributed by atoms with van der Waals surface area (Å²) in [6, 6.07) is 4.26. The lowest BCUT2D eigenvalue weighted by atomic mass is 10.1. The van der Waals surface area contributed by atoms with Crippen LogP contribution in [0, 0.1) is 22.0 Å². The highest BCUT2D eigenvalue weighted by molar-refractivity contribution is 5.95. The van der Waals surface area contributed by atoms with E-state index in [-0.39, 0.29) is 11.5 Å². The van der Waals surface area contributed by atoms with Crippen LogP contribution >= 0.6 is 0 Å². The van der Waals surface area contributed by atoms with Gasteiger partial charge in [0.2, 0.25) is 0 Å². The third kappa shape index (κ3) is 3.40. The molecule has 0 aliphatic rings. The van der Waals surface area contributed by atoms with E-state index in [1.807, 2.05) is 0 Å². The number of nitrogens with two attached hydrogens (primary N) is 1. The molecule has 88 valence electrons. The van der Waals surface area contributed by atoms with Crippen LogP contribution in [-0.2, 0) is 0 Å². The van der Waals surface area contributed by atoms with E-state index < -0.39 is 4.92 Å². The van der Waals surface area contributed by atoms with Gasteiger partial charge in [-0.2, -0.15) is 0 Å². The molecular weight excluding hydrogens is 220 g/mol. The van der Waals surface area contributed by atoms with Gasteiger partial charge >= 0.3 is 0 Å². The molecule has 0 saturated heterocycles. The normalized spacial score (nSPS) is 9.29. The SMILES string of the molecule is CC(=O)c1ccc(C#CCCN)c([N+](=O)[O-])c1. The molecule has 0 aliphatic heterocycles. The topological polar surface area (TPSA) is 86.2 Å². The summed E-state index contributed by atoms with van der Waals surface area (Å²) in [5.74, 6) is 5.20. The molecule has 0 radical (unpaired) electrons. The molecule has 0 bridgehead atoms. The first-order valence-electron chi connectivity index (χ1n) is 5.04. The third-order valence-corrected chi connectivity index (χ3v) is 2.09. The molecule has 5 heteroatoms. The molecule has 0 atom stereocenters. The smallest absolute Gasteiger partial charge is 0.285 e. The average molecular weight is 232 g/mol. The zero-order valence-corrected chi connectivity index (χ0v) is 9.40. The Morgan fingerprint density at radius 1 is 1.53 bits per heavy atom. The van der Waals surface area contributed by atoms with Crippen LogP contribution in [0.5, 0.6) is 0 Å². The lowest BCUT2D eigenvalue weighted by Gasteiger charge is -1.98. The molecule has 1 aromatic carbocycles. The van der Waals surface area contributed by atoms with Crippen LogP contribution in [0.1, 0.15) is 29.3 Å². The van der Waals surface area contributed by atoms with Crippen molar-refractivity contribution in [2.45, 2.75) is 13.3 Å². The zero-order chi connectivity index (χ0) is 12.8. The van der Waals surface area contributed by atoms with E-state index in [2.05, 4.69) is 11.8 Å². The third-order valence-electron chi connectivity index (χ3n) is 2.09. The highest BCUT2D eigenvalue weighted by atomic mass is 16.6. The Morgan fingerprint density at radius 3 is 2.76 bits per heavy atom. The molecule has 0 unspecified atom stereocenters. The number of carbonyl (C=O) groups is 1. The summed E-state index contributed by atoms with van der Waals surface area (Å²) in [5, 5.41) is 10.8. The number of Topliss-reactive ketones (excluding diaryl/α,β-unsaturated/α-hetero) is 1. The van der Waals surface area contributed by atoms with E-state index >= 15 is 0 Å². The van der Waals surface area contributed by atoms with Gasteiger partial charge in [-0.1, -0.05) is 11.8 Å². The van der Waals surface area contributed by atoms with E-state index in [9.17, 15) is 14.9 Å². The van der Waals surface area contributed by atoms with Gasteiger partial charge in [0.1, 0.15) is 5.56 Å².